The minimum atomic E-state index is -0.643. The lowest BCUT2D eigenvalue weighted by molar-refractivity contribution is -0.118. The highest BCUT2D eigenvalue weighted by Gasteiger charge is 2.47. The summed E-state index contributed by atoms with van der Waals surface area (Å²) >= 11 is 12.7. The van der Waals surface area contributed by atoms with Gasteiger partial charge in [0.1, 0.15) is 11.6 Å². The number of rotatable bonds is 3. The van der Waals surface area contributed by atoms with Crippen LogP contribution in [-0.2, 0) is 4.79 Å². The molecule has 2 aromatic carbocycles. The first-order chi connectivity index (χ1) is 17.2. The van der Waals surface area contributed by atoms with Crippen molar-refractivity contribution < 1.29 is 9.90 Å². The average molecular weight is 518 g/mol. The van der Waals surface area contributed by atoms with Crippen LogP contribution in [-0.4, -0.2) is 21.7 Å². The number of Topliss-reactive ketones (excluding diaryl/α,β-unsaturated/α-hetero) is 1. The first-order valence-corrected chi connectivity index (χ1v) is 12.4. The summed E-state index contributed by atoms with van der Waals surface area (Å²) in [7, 11) is 0. The van der Waals surface area contributed by atoms with Gasteiger partial charge >= 0.3 is 0 Å². The van der Waals surface area contributed by atoms with Crippen molar-refractivity contribution in [2.75, 3.05) is 4.90 Å². The van der Waals surface area contributed by atoms with Gasteiger partial charge in [0.25, 0.3) is 0 Å². The summed E-state index contributed by atoms with van der Waals surface area (Å²) in [6.45, 7) is 4.10. The van der Waals surface area contributed by atoms with E-state index in [2.05, 4.69) is 4.98 Å². The summed E-state index contributed by atoms with van der Waals surface area (Å²) in [5, 5.41) is 21.9. The molecule has 3 aromatic rings. The van der Waals surface area contributed by atoms with Crippen LogP contribution in [0.25, 0.3) is 5.76 Å². The first-order valence-electron chi connectivity index (χ1n) is 11.7. The molecule has 1 aliphatic carbocycles. The van der Waals surface area contributed by atoms with Gasteiger partial charge in [0.2, 0.25) is 0 Å². The van der Waals surface area contributed by atoms with Gasteiger partial charge in [-0.3, -0.25) is 20.1 Å². The van der Waals surface area contributed by atoms with E-state index >= 15 is 0 Å². The maximum Gasteiger partial charge on any atom is 0.162 e. The molecule has 182 valence electrons. The summed E-state index contributed by atoms with van der Waals surface area (Å²) in [5.41, 5.74) is 3.17. The highest BCUT2D eigenvalue weighted by Crippen LogP contribution is 2.51. The summed E-state index contributed by atoms with van der Waals surface area (Å²) in [4.78, 5) is 19.8. The SMILES string of the molecule is CC1(C)CC(=O)C2=C(C1)N(c1cc(Cl)cc(Cl)c1)C(=N)/C(=C(/O)c1ccccc1)C2c1cccnc1. The fourth-order valence-electron chi connectivity index (χ4n) is 5.20. The summed E-state index contributed by atoms with van der Waals surface area (Å²) in [5.74, 6) is -0.653. The van der Waals surface area contributed by atoms with Crippen LogP contribution < -0.4 is 4.90 Å². The smallest absolute Gasteiger partial charge is 0.162 e. The van der Waals surface area contributed by atoms with Crippen LogP contribution >= 0.6 is 23.2 Å². The van der Waals surface area contributed by atoms with Crippen molar-refractivity contribution in [2.24, 2.45) is 5.41 Å². The Morgan fingerprint density at radius 3 is 2.39 bits per heavy atom. The number of allylic oxidation sites excluding steroid dienone is 2. The molecule has 0 spiro atoms. The molecule has 1 unspecified atom stereocenters. The van der Waals surface area contributed by atoms with E-state index < -0.39 is 5.92 Å². The van der Waals surface area contributed by atoms with Gasteiger partial charge in [0, 0.05) is 57.2 Å². The topological polar surface area (TPSA) is 77.3 Å². The number of hydrogen-bond donors (Lipinski definition) is 2. The quantitative estimate of drug-likeness (QED) is 0.351. The number of aromatic nitrogens is 1. The molecule has 1 aromatic heterocycles. The van der Waals surface area contributed by atoms with Crippen molar-refractivity contribution in [1.82, 2.24) is 4.98 Å². The van der Waals surface area contributed by atoms with Crippen LogP contribution in [0.2, 0.25) is 10.0 Å². The van der Waals surface area contributed by atoms with E-state index in [0.29, 0.717) is 45.3 Å². The number of amidine groups is 1. The molecule has 1 aliphatic heterocycles. The second-order valence-electron chi connectivity index (χ2n) is 9.96. The Morgan fingerprint density at radius 1 is 1.06 bits per heavy atom. The molecule has 0 saturated carbocycles. The molecule has 2 N–H and O–H groups in total. The normalized spacial score (nSPS) is 20.9. The standard InChI is InChI=1S/C29H25Cl2N3O2/c1-29(2)14-22-25(23(35)15-29)24(18-9-6-10-33-16-18)26(27(36)17-7-4-3-5-8-17)28(32)34(22)21-12-19(30)11-20(31)13-21/h3-13,16,24,32,36H,14-15H2,1-2H3/b27-26+,32-28?. The number of aliphatic hydroxyl groups excluding tert-OH is 1. The van der Waals surface area contributed by atoms with Gasteiger partial charge in [0.05, 0.1) is 5.69 Å². The first kappa shape index (κ1) is 24.3. The van der Waals surface area contributed by atoms with Crippen LogP contribution in [0.15, 0.2) is 89.9 Å². The van der Waals surface area contributed by atoms with E-state index in [1.54, 1.807) is 53.7 Å². The van der Waals surface area contributed by atoms with Crippen LogP contribution in [0.1, 0.15) is 43.7 Å². The highest BCUT2D eigenvalue weighted by atomic mass is 35.5. The predicted molar refractivity (Wildman–Crippen MR) is 145 cm³/mol. The number of ketones is 1. The van der Waals surface area contributed by atoms with Gasteiger partial charge in [-0.15, -0.1) is 0 Å². The zero-order chi connectivity index (χ0) is 25.6. The van der Waals surface area contributed by atoms with Crippen molar-refractivity contribution in [1.29, 1.82) is 5.41 Å². The second-order valence-corrected chi connectivity index (χ2v) is 10.8. The lowest BCUT2D eigenvalue weighted by Gasteiger charge is -2.45. The third kappa shape index (κ3) is 4.34. The van der Waals surface area contributed by atoms with E-state index in [1.165, 1.54) is 0 Å². The third-order valence-electron chi connectivity index (χ3n) is 6.65. The number of benzene rings is 2. The molecular formula is C29H25Cl2N3O2. The zero-order valence-corrected chi connectivity index (χ0v) is 21.4. The van der Waals surface area contributed by atoms with Crippen molar-refractivity contribution in [3.8, 4) is 0 Å². The Bertz CT molecular complexity index is 1410. The number of aliphatic hydroxyl groups is 1. The van der Waals surface area contributed by atoms with Crippen LogP contribution in [0.5, 0.6) is 0 Å². The fraction of sp³-hybridized carbons (Fsp3) is 0.207. The predicted octanol–water partition coefficient (Wildman–Crippen LogP) is 7.58. The summed E-state index contributed by atoms with van der Waals surface area (Å²) in [6.07, 6.45) is 4.29. The van der Waals surface area contributed by atoms with Gasteiger partial charge in [0.15, 0.2) is 5.78 Å². The van der Waals surface area contributed by atoms with Crippen molar-refractivity contribution >= 4 is 46.3 Å². The number of hydrogen-bond acceptors (Lipinski definition) is 4. The van der Waals surface area contributed by atoms with E-state index in [0.717, 1.165) is 11.3 Å². The molecule has 36 heavy (non-hydrogen) atoms. The average Bonchev–Trinajstić information content (AvgIpc) is 2.82. The lowest BCUT2D eigenvalue weighted by atomic mass is 9.67. The fourth-order valence-corrected chi connectivity index (χ4v) is 5.71. The largest absolute Gasteiger partial charge is 0.507 e. The van der Waals surface area contributed by atoms with Crippen LogP contribution in [0.3, 0.4) is 0 Å². The molecule has 5 nitrogen and oxygen atoms in total. The number of nitrogens with one attached hydrogen (secondary N) is 1. The third-order valence-corrected chi connectivity index (χ3v) is 7.08. The van der Waals surface area contributed by atoms with Crippen molar-refractivity contribution in [3.63, 3.8) is 0 Å². The Balaban J connectivity index is 1.87. The molecule has 2 heterocycles. The Kier molecular flexibility index (Phi) is 6.23. The molecule has 0 fully saturated rings. The Hall–Kier alpha value is -3.41. The number of halogens is 2. The lowest BCUT2D eigenvalue weighted by Crippen LogP contribution is -2.45. The molecule has 0 saturated heterocycles. The second kappa shape index (κ2) is 9.23. The van der Waals surface area contributed by atoms with Gasteiger partial charge < -0.3 is 5.11 Å². The van der Waals surface area contributed by atoms with Gasteiger partial charge in [-0.2, -0.15) is 0 Å². The van der Waals surface area contributed by atoms with E-state index in [1.807, 2.05) is 38.1 Å². The molecule has 0 radical (unpaired) electrons. The molecule has 0 amide bonds. The van der Waals surface area contributed by atoms with Gasteiger partial charge in [-0.25, -0.2) is 0 Å². The monoisotopic (exact) mass is 517 g/mol. The molecule has 5 rings (SSSR count). The zero-order valence-electron chi connectivity index (χ0n) is 19.9. The van der Waals surface area contributed by atoms with E-state index in [-0.39, 0.29) is 22.8 Å². The van der Waals surface area contributed by atoms with E-state index in [9.17, 15) is 15.3 Å². The minimum Gasteiger partial charge on any atom is -0.507 e. The number of carbonyl (C=O) groups excluding carboxylic acids is 1. The summed E-state index contributed by atoms with van der Waals surface area (Å²) in [6, 6.07) is 17.8. The van der Waals surface area contributed by atoms with Crippen molar-refractivity contribution in [2.45, 2.75) is 32.6 Å². The number of pyridine rings is 1. The number of carbonyl (C=O) groups is 1. The number of anilines is 1. The maximum atomic E-state index is 13.8. The Morgan fingerprint density at radius 2 is 1.75 bits per heavy atom. The van der Waals surface area contributed by atoms with Crippen LogP contribution in [0.4, 0.5) is 5.69 Å². The number of nitrogens with zero attached hydrogens (tertiary/aromatic N) is 2. The molecular weight excluding hydrogens is 493 g/mol. The van der Waals surface area contributed by atoms with Crippen molar-refractivity contribution in [3.05, 3.63) is 111 Å². The molecule has 1 atom stereocenters. The van der Waals surface area contributed by atoms with E-state index in [4.69, 9.17) is 23.2 Å². The molecule has 0 bridgehead atoms. The molecule has 2 aliphatic rings. The minimum absolute atomic E-state index is 0.0147. The Labute approximate surface area is 220 Å². The van der Waals surface area contributed by atoms with Gasteiger partial charge in [-0.05, 0) is 41.7 Å². The van der Waals surface area contributed by atoms with Crippen LogP contribution in [0, 0.1) is 10.8 Å². The summed E-state index contributed by atoms with van der Waals surface area (Å²) < 4.78 is 0. The van der Waals surface area contributed by atoms with Gasteiger partial charge in [-0.1, -0.05) is 73.4 Å². The molecule has 7 heteroatoms. The highest BCUT2D eigenvalue weighted by molar-refractivity contribution is 6.35. The maximum absolute atomic E-state index is 13.8.